The van der Waals surface area contributed by atoms with Gasteiger partial charge in [-0.1, -0.05) is 24.3 Å². The number of hydrogen-bond acceptors (Lipinski definition) is 7. The van der Waals surface area contributed by atoms with E-state index in [1.165, 1.54) is 24.0 Å². The Balaban J connectivity index is 1.76. The number of halogens is 1. The Labute approximate surface area is 184 Å². The van der Waals surface area contributed by atoms with E-state index in [0.717, 1.165) is 29.2 Å². The lowest BCUT2D eigenvalue weighted by atomic mass is 10.0. The molecule has 0 aliphatic heterocycles. The van der Waals surface area contributed by atoms with Gasteiger partial charge in [-0.15, -0.1) is 4.48 Å². The van der Waals surface area contributed by atoms with Gasteiger partial charge in [-0.3, -0.25) is 4.79 Å². The van der Waals surface area contributed by atoms with E-state index in [9.17, 15) is 9.28 Å². The highest BCUT2D eigenvalue weighted by Gasteiger charge is 2.29. The third kappa shape index (κ3) is 4.31. The number of rotatable bonds is 7. The lowest BCUT2D eigenvalue weighted by Crippen LogP contribution is -2.14. The molecule has 9 heteroatoms. The molecular weight excluding hydrogens is 411 g/mol. The van der Waals surface area contributed by atoms with E-state index in [1.54, 1.807) is 6.07 Å². The van der Waals surface area contributed by atoms with Gasteiger partial charge in [0.1, 0.15) is 5.75 Å². The lowest BCUT2D eigenvalue weighted by Gasteiger charge is -2.16. The molecule has 4 rings (SSSR count). The number of hydrogen-bond donors (Lipinski definition) is 4. The molecule has 2 aromatic carbocycles. The highest BCUT2D eigenvalue weighted by molar-refractivity contribution is 6.05. The molecule has 0 unspecified atom stereocenters. The van der Waals surface area contributed by atoms with Crippen LogP contribution in [0.25, 0.3) is 16.3 Å². The molecule has 3 aromatic rings. The number of aromatic nitrogens is 2. The second-order valence-corrected chi connectivity index (χ2v) is 7.47. The van der Waals surface area contributed by atoms with Crippen LogP contribution in [0.2, 0.25) is 0 Å². The van der Waals surface area contributed by atoms with Crippen molar-refractivity contribution in [3.8, 4) is 5.75 Å². The van der Waals surface area contributed by atoms with E-state index >= 15 is 0 Å². The number of amides is 1. The maximum Gasteiger partial charge on any atom is 0.251 e. The molecule has 1 saturated carbocycles. The average molecular weight is 434 g/mol. The first-order valence-electron chi connectivity index (χ1n) is 10.1. The fourth-order valence-corrected chi connectivity index (χ4v) is 3.37. The van der Waals surface area contributed by atoms with Crippen molar-refractivity contribution >= 4 is 33.9 Å². The summed E-state index contributed by atoms with van der Waals surface area (Å²) in [5.74, 6) is 0.459. The largest absolute Gasteiger partial charge is 0.440 e. The van der Waals surface area contributed by atoms with Crippen LogP contribution in [0.4, 0.5) is 16.1 Å². The van der Waals surface area contributed by atoms with Crippen molar-refractivity contribution in [2.24, 2.45) is 17.4 Å². The number of fused-ring (bicyclic) bond motifs is 1. The molecule has 32 heavy (non-hydrogen) atoms. The molecule has 1 aliphatic rings. The second kappa shape index (κ2) is 8.93. The van der Waals surface area contributed by atoms with Gasteiger partial charge in [-0.25, -0.2) is 9.97 Å². The number of benzene rings is 2. The van der Waals surface area contributed by atoms with Crippen molar-refractivity contribution < 1.29 is 14.0 Å². The first-order valence-corrected chi connectivity index (χ1v) is 10.1. The molecule has 1 fully saturated rings. The molecule has 164 valence electrons. The van der Waals surface area contributed by atoms with E-state index in [4.69, 9.17) is 16.2 Å². The van der Waals surface area contributed by atoms with E-state index in [0.29, 0.717) is 22.7 Å². The van der Waals surface area contributed by atoms with Crippen molar-refractivity contribution in [2.45, 2.75) is 19.8 Å². The number of nitrogens with two attached hydrogens (primary N) is 2. The maximum absolute atomic E-state index is 12.8. The van der Waals surface area contributed by atoms with E-state index < -0.39 is 0 Å². The summed E-state index contributed by atoms with van der Waals surface area (Å²) in [7, 11) is 0. The molecule has 1 amide bonds. The van der Waals surface area contributed by atoms with Crippen LogP contribution >= 0.6 is 0 Å². The summed E-state index contributed by atoms with van der Waals surface area (Å²) in [5.41, 5.74) is 15.5. The van der Waals surface area contributed by atoms with Crippen molar-refractivity contribution in [2.75, 3.05) is 10.9 Å². The maximum atomic E-state index is 12.8. The number of aryl methyl sites for hydroxylation is 1. The Hall–Kier alpha value is -4.14. The molecule has 1 heterocycles. The van der Waals surface area contributed by atoms with Gasteiger partial charge in [0, 0.05) is 28.6 Å². The SMILES string of the molecule is Cc1ccc2c(NC(=O)C3CC3)cccc2c1O/C(N)=C(/C=C\N)c1ccnc(NF)n1. The predicted octanol–water partition coefficient (Wildman–Crippen LogP) is 3.76. The fourth-order valence-electron chi connectivity index (χ4n) is 3.37. The van der Waals surface area contributed by atoms with E-state index in [1.807, 2.05) is 37.3 Å². The molecule has 0 radical (unpaired) electrons. The van der Waals surface area contributed by atoms with Crippen LogP contribution in [-0.2, 0) is 4.79 Å². The minimum atomic E-state index is -0.212. The van der Waals surface area contributed by atoms with Crippen molar-refractivity contribution in [1.29, 1.82) is 0 Å². The Bertz CT molecular complexity index is 1240. The van der Waals surface area contributed by atoms with Gasteiger partial charge in [0.25, 0.3) is 5.95 Å². The summed E-state index contributed by atoms with van der Waals surface area (Å²) < 4.78 is 18.9. The summed E-state index contributed by atoms with van der Waals surface area (Å²) in [6, 6.07) is 11.0. The number of carbonyl (C=O) groups excluding carboxylic acids is 1. The van der Waals surface area contributed by atoms with Gasteiger partial charge in [-0.2, -0.15) is 5.54 Å². The second-order valence-electron chi connectivity index (χ2n) is 7.47. The number of allylic oxidation sites excluding steroid dienone is 2. The summed E-state index contributed by atoms with van der Waals surface area (Å²) in [4.78, 5) is 20.1. The Morgan fingerprint density at radius 3 is 2.75 bits per heavy atom. The highest BCUT2D eigenvalue weighted by Crippen LogP contribution is 2.36. The van der Waals surface area contributed by atoms with Gasteiger partial charge in [0.2, 0.25) is 5.91 Å². The first-order chi connectivity index (χ1) is 15.5. The zero-order chi connectivity index (χ0) is 22.7. The monoisotopic (exact) mass is 434 g/mol. The molecule has 0 bridgehead atoms. The predicted molar refractivity (Wildman–Crippen MR) is 122 cm³/mol. The number of carbonyl (C=O) groups is 1. The van der Waals surface area contributed by atoms with Crippen LogP contribution in [-0.4, -0.2) is 15.9 Å². The van der Waals surface area contributed by atoms with E-state index in [-0.39, 0.29) is 23.7 Å². The zero-order valence-corrected chi connectivity index (χ0v) is 17.4. The third-order valence-corrected chi connectivity index (χ3v) is 5.17. The zero-order valence-electron chi connectivity index (χ0n) is 17.4. The van der Waals surface area contributed by atoms with Crippen LogP contribution in [0.1, 0.15) is 24.1 Å². The topological polar surface area (TPSA) is 128 Å². The lowest BCUT2D eigenvalue weighted by molar-refractivity contribution is -0.117. The molecule has 1 aliphatic carbocycles. The number of anilines is 2. The van der Waals surface area contributed by atoms with Crippen LogP contribution in [0.5, 0.6) is 5.75 Å². The standard InChI is InChI=1S/C23H23FN6O2/c1-13-5-8-15-16(3-2-4-18(15)28-22(31)14-6-7-14)20(13)32-21(26)17(9-11-25)19-10-12-27-23(29-19)30-24/h2-5,8-12,14H,6-7,25-26H2,1H3,(H,28,31)(H,27,29,30)/b11-9-,21-17-. The minimum Gasteiger partial charge on any atom is -0.440 e. The normalized spacial score (nSPS) is 14.3. The van der Waals surface area contributed by atoms with Crippen LogP contribution in [0.15, 0.2) is 60.8 Å². The van der Waals surface area contributed by atoms with Gasteiger partial charge in [0.05, 0.1) is 11.3 Å². The molecule has 1 aromatic heterocycles. The first kappa shape index (κ1) is 21.1. The van der Waals surface area contributed by atoms with Gasteiger partial charge in [-0.05, 0) is 49.7 Å². The Morgan fingerprint density at radius 1 is 1.22 bits per heavy atom. The molecular formula is C23H23FN6O2. The third-order valence-electron chi connectivity index (χ3n) is 5.17. The molecule has 8 nitrogen and oxygen atoms in total. The molecule has 0 saturated heterocycles. The van der Waals surface area contributed by atoms with Crippen LogP contribution in [0.3, 0.4) is 0 Å². The highest BCUT2D eigenvalue weighted by atomic mass is 19.2. The van der Waals surface area contributed by atoms with Crippen molar-refractivity contribution in [3.63, 3.8) is 0 Å². The fraction of sp³-hybridized carbons (Fsp3) is 0.174. The van der Waals surface area contributed by atoms with E-state index in [2.05, 4.69) is 15.3 Å². The quantitative estimate of drug-likeness (QED) is 0.253. The summed E-state index contributed by atoms with van der Waals surface area (Å²) in [6.45, 7) is 1.89. The molecule has 0 spiro atoms. The van der Waals surface area contributed by atoms with Crippen molar-refractivity contribution in [1.82, 2.24) is 9.97 Å². The van der Waals surface area contributed by atoms with Crippen molar-refractivity contribution in [3.05, 3.63) is 72.0 Å². The molecule has 0 atom stereocenters. The van der Waals surface area contributed by atoms with Gasteiger partial charge < -0.3 is 21.5 Å². The Kier molecular flexibility index (Phi) is 5.89. The average Bonchev–Trinajstić information content (AvgIpc) is 3.65. The van der Waals surface area contributed by atoms with Crippen LogP contribution < -0.4 is 27.1 Å². The van der Waals surface area contributed by atoms with Gasteiger partial charge in [0.15, 0.2) is 5.88 Å². The number of nitrogens with zero attached hydrogens (tertiary/aromatic N) is 2. The summed E-state index contributed by atoms with van der Waals surface area (Å²) >= 11 is 0. The number of ether oxygens (including phenoxy) is 1. The Morgan fingerprint density at radius 2 is 2.03 bits per heavy atom. The summed E-state index contributed by atoms with van der Waals surface area (Å²) in [5, 5.41) is 4.62. The van der Waals surface area contributed by atoms with Gasteiger partial charge >= 0.3 is 0 Å². The summed E-state index contributed by atoms with van der Waals surface area (Å²) in [6.07, 6.45) is 6.04. The smallest absolute Gasteiger partial charge is 0.251 e. The van der Waals surface area contributed by atoms with Crippen LogP contribution in [0, 0.1) is 12.8 Å². The minimum absolute atomic E-state index is 0.0244. The number of nitrogens with one attached hydrogen (secondary N) is 2. The molecule has 6 N–H and O–H groups in total.